The van der Waals surface area contributed by atoms with Crippen LogP contribution >= 0.6 is 0 Å². The number of nitrogens with zero attached hydrogens (tertiary/aromatic N) is 2. The fourth-order valence-corrected chi connectivity index (χ4v) is 3.77. The van der Waals surface area contributed by atoms with Crippen LogP contribution in [0.25, 0.3) is 10.9 Å². The second-order valence-electron chi connectivity index (χ2n) is 6.94. The van der Waals surface area contributed by atoms with Crippen LogP contribution in [0.3, 0.4) is 0 Å². The van der Waals surface area contributed by atoms with Crippen molar-refractivity contribution < 1.29 is 4.79 Å². The van der Waals surface area contributed by atoms with E-state index in [0.29, 0.717) is 35.7 Å². The maximum atomic E-state index is 13.2. The zero-order chi connectivity index (χ0) is 19.0. The van der Waals surface area contributed by atoms with Crippen molar-refractivity contribution in [1.29, 1.82) is 0 Å². The summed E-state index contributed by atoms with van der Waals surface area (Å²) in [6.45, 7) is 2.85. The Bertz CT molecular complexity index is 1130. The first kappa shape index (κ1) is 17.2. The molecule has 1 aliphatic rings. The summed E-state index contributed by atoms with van der Waals surface area (Å²) in [6, 6.07) is 10.2. The van der Waals surface area contributed by atoms with Crippen LogP contribution in [-0.4, -0.2) is 38.8 Å². The summed E-state index contributed by atoms with van der Waals surface area (Å²) in [5.74, 6) is 0.419. The molecule has 4 rings (SSSR count). The lowest BCUT2D eigenvalue weighted by Gasteiger charge is -2.32. The van der Waals surface area contributed by atoms with E-state index in [0.717, 1.165) is 18.2 Å². The van der Waals surface area contributed by atoms with E-state index in [2.05, 4.69) is 15.0 Å². The summed E-state index contributed by atoms with van der Waals surface area (Å²) < 4.78 is 0. The molecule has 27 heavy (non-hydrogen) atoms. The van der Waals surface area contributed by atoms with Gasteiger partial charge in [0.25, 0.3) is 11.5 Å². The van der Waals surface area contributed by atoms with E-state index < -0.39 is 0 Å². The number of pyridine rings is 1. The average Bonchev–Trinajstić information content (AvgIpc) is 2.66. The molecule has 7 heteroatoms. The number of H-pyrrole nitrogens is 2. The maximum absolute atomic E-state index is 13.2. The molecule has 2 N–H and O–H groups in total. The van der Waals surface area contributed by atoms with Crippen LogP contribution in [-0.2, 0) is 0 Å². The Labute approximate surface area is 155 Å². The monoisotopic (exact) mass is 364 g/mol. The Morgan fingerprint density at radius 2 is 1.93 bits per heavy atom. The molecule has 0 saturated carbocycles. The van der Waals surface area contributed by atoms with Gasteiger partial charge in [0, 0.05) is 42.0 Å². The highest BCUT2D eigenvalue weighted by Gasteiger charge is 2.27. The van der Waals surface area contributed by atoms with Gasteiger partial charge in [0.15, 0.2) is 0 Å². The Morgan fingerprint density at radius 1 is 1.15 bits per heavy atom. The fraction of sp³-hybridized carbons (Fsp3) is 0.300. The maximum Gasteiger partial charge on any atom is 0.254 e. The number of amides is 1. The minimum absolute atomic E-state index is 0.0111. The number of aromatic amines is 2. The molecular formula is C20H20N4O3. The van der Waals surface area contributed by atoms with Crippen molar-refractivity contribution in [2.75, 3.05) is 13.1 Å². The van der Waals surface area contributed by atoms with Crippen LogP contribution in [0.4, 0.5) is 0 Å². The van der Waals surface area contributed by atoms with Crippen molar-refractivity contribution in [2.45, 2.75) is 25.7 Å². The number of hydrogen-bond donors (Lipinski definition) is 2. The first-order valence-corrected chi connectivity index (χ1v) is 9.00. The lowest BCUT2D eigenvalue weighted by atomic mass is 9.93. The first-order valence-electron chi connectivity index (χ1n) is 9.00. The molecule has 0 unspecified atom stereocenters. The van der Waals surface area contributed by atoms with Crippen molar-refractivity contribution >= 4 is 16.8 Å². The van der Waals surface area contributed by atoms with Gasteiger partial charge in [0.2, 0.25) is 5.56 Å². The van der Waals surface area contributed by atoms with Crippen LogP contribution in [0.15, 0.2) is 46.0 Å². The number of aryl methyl sites for hydroxylation is 1. The van der Waals surface area contributed by atoms with Gasteiger partial charge < -0.3 is 14.9 Å². The van der Waals surface area contributed by atoms with Gasteiger partial charge in [0.1, 0.15) is 5.82 Å². The summed E-state index contributed by atoms with van der Waals surface area (Å²) >= 11 is 0. The molecule has 1 atom stereocenters. The van der Waals surface area contributed by atoms with Gasteiger partial charge in [-0.2, -0.15) is 0 Å². The van der Waals surface area contributed by atoms with E-state index in [9.17, 15) is 14.4 Å². The molecule has 0 radical (unpaired) electrons. The van der Waals surface area contributed by atoms with E-state index in [1.165, 1.54) is 12.1 Å². The Hall–Kier alpha value is -3.22. The highest BCUT2D eigenvalue weighted by atomic mass is 16.2. The van der Waals surface area contributed by atoms with Crippen molar-refractivity contribution in [2.24, 2.45) is 0 Å². The molecule has 3 aromatic rings. The highest BCUT2D eigenvalue weighted by molar-refractivity contribution is 6.06. The molecular weight excluding hydrogens is 344 g/mol. The number of piperidine rings is 1. The number of aromatic nitrogens is 3. The van der Waals surface area contributed by atoms with E-state index in [-0.39, 0.29) is 22.9 Å². The van der Waals surface area contributed by atoms with Gasteiger partial charge in [-0.3, -0.25) is 14.4 Å². The average molecular weight is 364 g/mol. The van der Waals surface area contributed by atoms with Crippen molar-refractivity contribution in [3.05, 3.63) is 74.2 Å². The molecule has 0 bridgehead atoms. The zero-order valence-electron chi connectivity index (χ0n) is 15.0. The molecule has 1 fully saturated rings. The van der Waals surface area contributed by atoms with Crippen LogP contribution in [0.2, 0.25) is 0 Å². The minimum atomic E-state index is -0.294. The molecule has 1 saturated heterocycles. The fourth-order valence-electron chi connectivity index (χ4n) is 3.77. The van der Waals surface area contributed by atoms with Gasteiger partial charge in [-0.05, 0) is 25.8 Å². The lowest BCUT2D eigenvalue weighted by molar-refractivity contribution is 0.0707. The van der Waals surface area contributed by atoms with Crippen molar-refractivity contribution in [3.63, 3.8) is 0 Å². The number of nitrogens with one attached hydrogen (secondary N) is 2. The lowest BCUT2D eigenvalue weighted by Crippen LogP contribution is -2.40. The standard InChI is InChI=1S/C20H20N4O3/c1-12-21-17(10-19(26)22-12)13-5-4-8-24(11-13)20(27)15-9-18(25)23-16-7-3-2-6-14(15)16/h2-3,6-7,9-10,13H,4-5,8,11H2,1H3,(H,23,25)(H,21,22,26)/t13-/m0/s1. The van der Waals surface area contributed by atoms with Gasteiger partial charge in [-0.15, -0.1) is 0 Å². The molecule has 3 heterocycles. The predicted octanol–water partition coefficient (Wildman–Crippen LogP) is 1.94. The first-order chi connectivity index (χ1) is 13.0. The Kier molecular flexibility index (Phi) is 4.35. The quantitative estimate of drug-likeness (QED) is 0.726. The number of carbonyl (C=O) groups excluding carboxylic acids is 1. The second kappa shape index (κ2) is 6.83. The number of likely N-dealkylation sites (tertiary alicyclic amines) is 1. The number of rotatable bonds is 2. The summed E-state index contributed by atoms with van der Waals surface area (Å²) in [4.78, 5) is 48.5. The molecule has 1 aliphatic heterocycles. The predicted molar refractivity (Wildman–Crippen MR) is 102 cm³/mol. The minimum Gasteiger partial charge on any atom is -0.338 e. The van der Waals surface area contributed by atoms with Gasteiger partial charge in [0.05, 0.1) is 11.3 Å². The third-order valence-electron chi connectivity index (χ3n) is 4.99. The van der Waals surface area contributed by atoms with E-state index in [1.807, 2.05) is 18.2 Å². The van der Waals surface area contributed by atoms with Crippen LogP contribution < -0.4 is 11.1 Å². The topological polar surface area (TPSA) is 98.9 Å². The van der Waals surface area contributed by atoms with Gasteiger partial charge in [-0.25, -0.2) is 4.98 Å². The molecule has 1 amide bonds. The van der Waals surface area contributed by atoms with Crippen molar-refractivity contribution in [3.8, 4) is 0 Å². The summed E-state index contributed by atoms with van der Waals surface area (Å²) in [5.41, 5.74) is 1.29. The Morgan fingerprint density at radius 3 is 2.74 bits per heavy atom. The van der Waals surface area contributed by atoms with Crippen molar-refractivity contribution in [1.82, 2.24) is 19.9 Å². The number of benzene rings is 1. The third-order valence-corrected chi connectivity index (χ3v) is 4.99. The van der Waals surface area contributed by atoms with Crippen LogP contribution in [0.1, 0.15) is 40.6 Å². The van der Waals surface area contributed by atoms with Crippen LogP contribution in [0, 0.1) is 6.92 Å². The SMILES string of the molecule is Cc1nc([C@H]2CCCN(C(=O)c3cc(=O)[nH]c4ccccc34)C2)cc(=O)[nH]1. The number of fused-ring (bicyclic) bond motifs is 1. The highest BCUT2D eigenvalue weighted by Crippen LogP contribution is 2.27. The summed E-state index contributed by atoms with van der Waals surface area (Å²) in [7, 11) is 0. The zero-order valence-corrected chi connectivity index (χ0v) is 15.0. The number of hydrogen-bond acceptors (Lipinski definition) is 4. The molecule has 7 nitrogen and oxygen atoms in total. The normalized spacial score (nSPS) is 17.2. The Balaban J connectivity index is 1.67. The smallest absolute Gasteiger partial charge is 0.254 e. The molecule has 0 spiro atoms. The molecule has 0 aliphatic carbocycles. The number of para-hydroxylation sites is 1. The largest absolute Gasteiger partial charge is 0.338 e. The second-order valence-corrected chi connectivity index (χ2v) is 6.94. The van der Waals surface area contributed by atoms with Gasteiger partial charge >= 0.3 is 0 Å². The molecule has 2 aromatic heterocycles. The number of carbonyl (C=O) groups is 1. The molecule has 138 valence electrons. The van der Waals surface area contributed by atoms with Crippen LogP contribution in [0.5, 0.6) is 0 Å². The summed E-state index contributed by atoms with van der Waals surface area (Å²) in [6.07, 6.45) is 1.70. The molecule has 1 aromatic carbocycles. The third kappa shape index (κ3) is 3.40. The summed E-state index contributed by atoms with van der Waals surface area (Å²) in [5, 5.41) is 0.731. The van der Waals surface area contributed by atoms with E-state index in [4.69, 9.17) is 0 Å². The van der Waals surface area contributed by atoms with E-state index >= 15 is 0 Å². The van der Waals surface area contributed by atoms with Gasteiger partial charge in [-0.1, -0.05) is 18.2 Å². The van der Waals surface area contributed by atoms with E-state index in [1.54, 1.807) is 17.9 Å².